The van der Waals surface area contributed by atoms with Gasteiger partial charge in [0.1, 0.15) is 0 Å². The number of hydrogen-bond donors (Lipinski definition) is 2. The molecule has 156 valence electrons. The van der Waals surface area contributed by atoms with Gasteiger partial charge in [-0.2, -0.15) is 0 Å². The molecule has 30 heavy (non-hydrogen) atoms. The van der Waals surface area contributed by atoms with Crippen molar-refractivity contribution in [2.24, 2.45) is 0 Å². The zero-order valence-electron chi connectivity index (χ0n) is 17.0. The standard InChI is InChI=1S/C22H23BrN4O2S/c1-14-4-7-19(16(3)10-14)27-9-8-24-22(27)30-13-21(29)25-12-20(28)26-18-6-5-17(23)11-15(18)2/h4-11H,12-13H2,1-3H3,(H,25,29)(H,26,28). The zero-order chi connectivity index (χ0) is 21.7. The predicted octanol–water partition coefficient (Wildman–Crippen LogP) is 4.41. The molecule has 0 unspecified atom stereocenters. The first kappa shape index (κ1) is 22.1. The van der Waals surface area contributed by atoms with Gasteiger partial charge in [-0.25, -0.2) is 4.98 Å². The minimum atomic E-state index is -0.268. The van der Waals surface area contributed by atoms with Gasteiger partial charge in [-0.05, 0) is 56.2 Å². The second-order valence-corrected chi connectivity index (χ2v) is 8.80. The summed E-state index contributed by atoms with van der Waals surface area (Å²) in [6.07, 6.45) is 3.60. The van der Waals surface area contributed by atoms with Gasteiger partial charge < -0.3 is 10.6 Å². The highest BCUT2D eigenvalue weighted by Gasteiger charge is 2.12. The number of aromatic nitrogens is 2. The monoisotopic (exact) mass is 486 g/mol. The van der Waals surface area contributed by atoms with Crippen LogP contribution in [0.25, 0.3) is 5.69 Å². The average Bonchev–Trinajstić information content (AvgIpc) is 3.15. The van der Waals surface area contributed by atoms with Crippen molar-refractivity contribution < 1.29 is 9.59 Å². The molecule has 0 fully saturated rings. The van der Waals surface area contributed by atoms with Crippen LogP contribution in [0.1, 0.15) is 16.7 Å². The fraction of sp³-hybridized carbons (Fsp3) is 0.227. The van der Waals surface area contributed by atoms with Gasteiger partial charge in [-0.15, -0.1) is 0 Å². The van der Waals surface area contributed by atoms with Crippen LogP contribution < -0.4 is 10.6 Å². The summed E-state index contributed by atoms with van der Waals surface area (Å²) in [6.45, 7) is 5.93. The molecule has 0 radical (unpaired) electrons. The number of benzene rings is 2. The molecule has 0 saturated carbocycles. The number of hydrogen-bond acceptors (Lipinski definition) is 4. The number of carbonyl (C=O) groups is 2. The number of rotatable bonds is 7. The summed E-state index contributed by atoms with van der Waals surface area (Å²) in [4.78, 5) is 28.7. The Kier molecular flexibility index (Phi) is 7.33. The summed E-state index contributed by atoms with van der Waals surface area (Å²) in [5, 5.41) is 6.19. The smallest absolute Gasteiger partial charge is 0.243 e. The van der Waals surface area contributed by atoms with Gasteiger partial charge in [0.05, 0.1) is 18.0 Å². The Morgan fingerprint density at radius 2 is 1.87 bits per heavy atom. The molecule has 0 bridgehead atoms. The van der Waals surface area contributed by atoms with Gasteiger partial charge in [0.25, 0.3) is 0 Å². The maximum absolute atomic E-state index is 12.2. The van der Waals surface area contributed by atoms with E-state index in [1.165, 1.54) is 17.3 Å². The quantitative estimate of drug-likeness (QED) is 0.485. The van der Waals surface area contributed by atoms with E-state index in [-0.39, 0.29) is 24.1 Å². The number of aryl methyl sites for hydroxylation is 3. The van der Waals surface area contributed by atoms with E-state index in [0.717, 1.165) is 32.1 Å². The summed E-state index contributed by atoms with van der Waals surface area (Å²) in [5.41, 5.74) is 5.03. The van der Waals surface area contributed by atoms with Gasteiger partial charge in [-0.1, -0.05) is 45.4 Å². The second-order valence-electron chi connectivity index (χ2n) is 6.94. The Morgan fingerprint density at radius 3 is 2.60 bits per heavy atom. The van der Waals surface area contributed by atoms with Crippen LogP contribution in [0.3, 0.4) is 0 Å². The van der Waals surface area contributed by atoms with Crippen LogP contribution in [-0.2, 0) is 9.59 Å². The van der Waals surface area contributed by atoms with Gasteiger partial charge in [0, 0.05) is 22.6 Å². The number of thioether (sulfide) groups is 1. The number of carbonyl (C=O) groups excluding carboxylic acids is 2. The van der Waals surface area contributed by atoms with Crippen molar-refractivity contribution in [2.45, 2.75) is 25.9 Å². The van der Waals surface area contributed by atoms with Crippen molar-refractivity contribution in [3.8, 4) is 5.69 Å². The Bertz CT molecular complexity index is 1080. The van der Waals surface area contributed by atoms with Gasteiger partial charge in [0.2, 0.25) is 11.8 Å². The minimum absolute atomic E-state index is 0.0829. The Morgan fingerprint density at radius 1 is 1.07 bits per heavy atom. The summed E-state index contributed by atoms with van der Waals surface area (Å²) < 4.78 is 2.91. The van der Waals surface area contributed by atoms with Crippen LogP contribution >= 0.6 is 27.7 Å². The number of nitrogens with zero attached hydrogens (tertiary/aromatic N) is 2. The molecule has 0 aliphatic heterocycles. The molecule has 0 aliphatic carbocycles. The third-order valence-electron chi connectivity index (χ3n) is 4.46. The molecule has 1 aromatic heterocycles. The maximum atomic E-state index is 12.2. The van der Waals surface area contributed by atoms with E-state index in [0.29, 0.717) is 0 Å². The average molecular weight is 487 g/mol. The first-order valence-corrected chi connectivity index (χ1v) is 11.2. The number of amides is 2. The minimum Gasteiger partial charge on any atom is -0.346 e. The molecule has 0 aliphatic rings. The largest absolute Gasteiger partial charge is 0.346 e. The van der Waals surface area contributed by atoms with Gasteiger partial charge in [-0.3, -0.25) is 14.2 Å². The normalized spacial score (nSPS) is 10.7. The molecule has 2 N–H and O–H groups in total. The van der Waals surface area contributed by atoms with Crippen LogP contribution in [-0.4, -0.2) is 33.7 Å². The van der Waals surface area contributed by atoms with Gasteiger partial charge in [0.15, 0.2) is 5.16 Å². The first-order valence-electron chi connectivity index (χ1n) is 9.40. The van der Waals surface area contributed by atoms with E-state index >= 15 is 0 Å². The first-order chi connectivity index (χ1) is 14.3. The molecule has 0 atom stereocenters. The van der Waals surface area contributed by atoms with E-state index in [1.807, 2.05) is 42.0 Å². The number of nitrogens with one attached hydrogen (secondary N) is 2. The Balaban J connectivity index is 1.52. The fourth-order valence-corrected chi connectivity index (χ4v) is 4.25. The number of halogens is 1. The summed E-state index contributed by atoms with van der Waals surface area (Å²) >= 11 is 4.73. The van der Waals surface area contributed by atoms with Crippen LogP contribution in [0.2, 0.25) is 0 Å². The molecule has 8 heteroatoms. The molecule has 3 aromatic rings. The molecule has 2 amide bonds. The topological polar surface area (TPSA) is 76.0 Å². The molecular weight excluding hydrogens is 464 g/mol. The van der Waals surface area contributed by atoms with Crippen molar-refractivity contribution in [1.82, 2.24) is 14.9 Å². The molecule has 1 heterocycles. The molecule has 6 nitrogen and oxygen atoms in total. The number of anilines is 1. The third kappa shape index (κ3) is 5.73. The van der Waals surface area contributed by atoms with E-state index in [1.54, 1.807) is 6.20 Å². The van der Waals surface area contributed by atoms with Gasteiger partial charge >= 0.3 is 0 Å². The highest BCUT2D eigenvalue weighted by Crippen LogP contribution is 2.23. The molecule has 0 saturated heterocycles. The SMILES string of the molecule is Cc1ccc(-n2ccnc2SCC(=O)NCC(=O)Nc2ccc(Br)cc2C)c(C)c1. The second kappa shape index (κ2) is 9.95. The lowest BCUT2D eigenvalue weighted by Crippen LogP contribution is -2.34. The maximum Gasteiger partial charge on any atom is 0.243 e. The third-order valence-corrected chi connectivity index (χ3v) is 5.92. The fourth-order valence-electron chi connectivity index (χ4n) is 2.98. The van der Waals surface area contributed by atoms with E-state index < -0.39 is 0 Å². The lowest BCUT2D eigenvalue weighted by molar-refractivity contribution is -0.122. The highest BCUT2D eigenvalue weighted by molar-refractivity contribution is 9.10. The van der Waals surface area contributed by atoms with E-state index in [4.69, 9.17) is 0 Å². The van der Waals surface area contributed by atoms with Crippen LogP contribution in [0.4, 0.5) is 5.69 Å². The van der Waals surface area contributed by atoms with E-state index in [2.05, 4.69) is 57.5 Å². The zero-order valence-corrected chi connectivity index (χ0v) is 19.4. The van der Waals surface area contributed by atoms with Crippen molar-refractivity contribution in [1.29, 1.82) is 0 Å². The lowest BCUT2D eigenvalue weighted by atomic mass is 10.1. The molecule has 2 aromatic carbocycles. The highest BCUT2D eigenvalue weighted by atomic mass is 79.9. The van der Waals surface area contributed by atoms with Crippen LogP contribution in [0, 0.1) is 20.8 Å². The summed E-state index contributed by atoms with van der Waals surface area (Å²) in [5.74, 6) is -0.319. The van der Waals surface area contributed by atoms with Crippen molar-refractivity contribution in [3.05, 3.63) is 70.0 Å². The van der Waals surface area contributed by atoms with Crippen LogP contribution in [0.15, 0.2) is 58.4 Å². The molecule has 0 spiro atoms. The summed E-state index contributed by atoms with van der Waals surface area (Å²) in [7, 11) is 0. The molecule has 3 rings (SSSR count). The van der Waals surface area contributed by atoms with Crippen LogP contribution in [0.5, 0.6) is 0 Å². The predicted molar refractivity (Wildman–Crippen MR) is 124 cm³/mol. The Hall–Kier alpha value is -2.58. The van der Waals surface area contributed by atoms with Crippen molar-refractivity contribution >= 4 is 45.2 Å². The Labute approximate surface area is 188 Å². The van der Waals surface area contributed by atoms with E-state index in [9.17, 15) is 9.59 Å². The van der Waals surface area contributed by atoms with Crippen molar-refractivity contribution in [3.63, 3.8) is 0 Å². The molecular formula is C22H23BrN4O2S. The van der Waals surface area contributed by atoms with Crippen molar-refractivity contribution in [2.75, 3.05) is 17.6 Å². The number of imidazole rings is 1. The lowest BCUT2D eigenvalue weighted by Gasteiger charge is -2.11. The summed E-state index contributed by atoms with van der Waals surface area (Å²) in [6, 6.07) is 11.8.